The molecular weight excluding hydrogens is 342 g/mol. The number of nitrogens with one attached hydrogen (secondary N) is 1. The summed E-state index contributed by atoms with van der Waals surface area (Å²) in [7, 11) is 0. The third kappa shape index (κ3) is 3.46. The molecule has 0 spiro atoms. The lowest BCUT2D eigenvalue weighted by atomic mass is 10.1. The SMILES string of the molecule is CC(=O)c1ccc(NC(=O)C2CC(=O)N(c3c(F)cccc3F)C2)cc1. The fraction of sp³-hybridized carbons (Fsp3) is 0.211. The highest BCUT2D eigenvalue weighted by atomic mass is 19.1. The summed E-state index contributed by atoms with van der Waals surface area (Å²) >= 11 is 0. The standard InChI is InChI=1S/C19H16F2N2O3/c1-11(24)12-5-7-14(8-6-12)22-19(26)13-9-17(25)23(10-13)18-15(20)3-2-4-16(18)21/h2-8,13H,9-10H2,1H3,(H,22,26). The Morgan fingerprint density at radius 1 is 1.08 bits per heavy atom. The van der Waals surface area contributed by atoms with Crippen molar-refractivity contribution < 1.29 is 23.2 Å². The number of benzene rings is 2. The lowest BCUT2D eigenvalue weighted by Gasteiger charge is -2.18. The second kappa shape index (κ2) is 7.03. The van der Waals surface area contributed by atoms with E-state index in [1.807, 2.05) is 0 Å². The molecular formula is C19H16F2N2O3. The molecule has 0 aliphatic carbocycles. The van der Waals surface area contributed by atoms with Crippen molar-refractivity contribution in [2.45, 2.75) is 13.3 Å². The van der Waals surface area contributed by atoms with Crippen molar-refractivity contribution in [1.29, 1.82) is 0 Å². The number of amides is 2. The normalized spacial score (nSPS) is 16.7. The van der Waals surface area contributed by atoms with Crippen LogP contribution in [0.5, 0.6) is 0 Å². The molecule has 0 bridgehead atoms. The van der Waals surface area contributed by atoms with E-state index < -0.39 is 35.1 Å². The van der Waals surface area contributed by atoms with Gasteiger partial charge < -0.3 is 10.2 Å². The van der Waals surface area contributed by atoms with Crippen molar-refractivity contribution >= 4 is 29.0 Å². The van der Waals surface area contributed by atoms with E-state index in [0.717, 1.165) is 17.0 Å². The van der Waals surface area contributed by atoms with Crippen LogP contribution in [0, 0.1) is 17.6 Å². The number of ketones is 1. The third-order valence-corrected chi connectivity index (χ3v) is 4.26. The minimum Gasteiger partial charge on any atom is -0.326 e. The largest absolute Gasteiger partial charge is 0.326 e. The number of rotatable bonds is 4. The predicted molar refractivity (Wildman–Crippen MR) is 91.9 cm³/mol. The van der Waals surface area contributed by atoms with E-state index in [1.165, 1.54) is 13.0 Å². The first-order valence-electron chi connectivity index (χ1n) is 8.03. The minimum atomic E-state index is -0.848. The summed E-state index contributed by atoms with van der Waals surface area (Å²) < 4.78 is 27.8. The van der Waals surface area contributed by atoms with E-state index in [2.05, 4.69) is 5.32 Å². The van der Waals surface area contributed by atoms with Crippen LogP contribution in [0.3, 0.4) is 0 Å². The average Bonchev–Trinajstić information content (AvgIpc) is 2.97. The van der Waals surface area contributed by atoms with Gasteiger partial charge >= 0.3 is 0 Å². The Bertz CT molecular complexity index is 861. The number of hydrogen-bond acceptors (Lipinski definition) is 3. The van der Waals surface area contributed by atoms with Gasteiger partial charge in [0.1, 0.15) is 17.3 Å². The van der Waals surface area contributed by atoms with Gasteiger partial charge in [0, 0.05) is 24.2 Å². The Morgan fingerprint density at radius 3 is 2.27 bits per heavy atom. The number of hydrogen-bond donors (Lipinski definition) is 1. The van der Waals surface area contributed by atoms with Gasteiger partial charge in [-0.2, -0.15) is 0 Å². The first kappa shape index (κ1) is 17.7. The lowest BCUT2D eigenvalue weighted by Crippen LogP contribution is -2.29. The van der Waals surface area contributed by atoms with E-state index in [4.69, 9.17) is 0 Å². The van der Waals surface area contributed by atoms with Gasteiger partial charge in [-0.15, -0.1) is 0 Å². The van der Waals surface area contributed by atoms with Gasteiger partial charge in [0.2, 0.25) is 11.8 Å². The quantitative estimate of drug-likeness (QED) is 0.854. The van der Waals surface area contributed by atoms with Crippen molar-refractivity contribution in [2.24, 2.45) is 5.92 Å². The summed E-state index contributed by atoms with van der Waals surface area (Å²) in [5.74, 6) is -3.45. The number of carbonyl (C=O) groups excluding carboxylic acids is 3. The molecule has 1 aliphatic heterocycles. The monoisotopic (exact) mass is 358 g/mol. The summed E-state index contributed by atoms with van der Waals surface area (Å²) in [5.41, 5.74) is 0.557. The Balaban J connectivity index is 1.72. The van der Waals surface area contributed by atoms with Crippen LogP contribution in [0.1, 0.15) is 23.7 Å². The first-order valence-corrected chi connectivity index (χ1v) is 8.03. The van der Waals surface area contributed by atoms with Gasteiger partial charge in [0.15, 0.2) is 5.78 Å². The van der Waals surface area contributed by atoms with E-state index in [9.17, 15) is 23.2 Å². The van der Waals surface area contributed by atoms with Crippen LogP contribution in [-0.4, -0.2) is 24.1 Å². The maximum absolute atomic E-state index is 13.9. The highest BCUT2D eigenvalue weighted by Crippen LogP contribution is 2.30. The molecule has 134 valence electrons. The second-order valence-electron chi connectivity index (χ2n) is 6.10. The zero-order chi connectivity index (χ0) is 18.8. The van der Waals surface area contributed by atoms with Crippen molar-refractivity contribution in [2.75, 3.05) is 16.8 Å². The molecule has 1 unspecified atom stereocenters. The summed E-state index contributed by atoms with van der Waals surface area (Å²) in [6.45, 7) is 1.34. The van der Waals surface area contributed by atoms with Gasteiger partial charge in [-0.05, 0) is 43.3 Å². The molecule has 2 aromatic rings. The van der Waals surface area contributed by atoms with Gasteiger partial charge in [0.05, 0.1) is 5.92 Å². The number of halogens is 2. The first-order chi connectivity index (χ1) is 12.4. The fourth-order valence-electron chi connectivity index (χ4n) is 2.88. The van der Waals surface area contributed by atoms with Crippen molar-refractivity contribution in [3.05, 3.63) is 59.7 Å². The van der Waals surface area contributed by atoms with Gasteiger partial charge in [0.25, 0.3) is 0 Å². The Kier molecular flexibility index (Phi) is 4.79. The van der Waals surface area contributed by atoms with Gasteiger partial charge in [-0.25, -0.2) is 8.78 Å². The summed E-state index contributed by atoms with van der Waals surface area (Å²) in [5, 5.41) is 2.66. The second-order valence-corrected chi connectivity index (χ2v) is 6.10. The molecule has 0 saturated carbocycles. The zero-order valence-electron chi connectivity index (χ0n) is 14.0. The molecule has 7 heteroatoms. The molecule has 2 aromatic carbocycles. The van der Waals surface area contributed by atoms with Gasteiger partial charge in [-0.3, -0.25) is 14.4 Å². The maximum Gasteiger partial charge on any atom is 0.229 e. The highest BCUT2D eigenvalue weighted by molar-refractivity contribution is 6.03. The van der Waals surface area contributed by atoms with Crippen molar-refractivity contribution in [3.63, 3.8) is 0 Å². The van der Waals surface area contributed by atoms with Crippen LogP contribution in [0.2, 0.25) is 0 Å². The average molecular weight is 358 g/mol. The van der Waals surface area contributed by atoms with Crippen molar-refractivity contribution in [3.8, 4) is 0 Å². The van der Waals surface area contributed by atoms with Crippen LogP contribution in [0.25, 0.3) is 0 Å². The molecule has 1 fully saturated rings. The smallest absolute Gasteiger partial charge is 0.229 e. The number of Topliss-reactive ketones (excluding diaryl/α,β-unsaturated/α-hetero) is 1. The molecule has 1 atom stereocenters. The Labute approximate surface area is 148 Å². The van der Waals surface area contributed by atoms with Crippen molar-refractivity contribution in [1.82, 2.24) is 0 Å². The molecule has 1 saturated heterocycles. The molecule has 1 aliphatic rings. The zero-order valence-corrected chi connectivity index (χ0v) is 14.0. The minimum absolute atomic E-state index is 0.0909. The van der Waals surface area contributed by atoms with E-state index in [1.54, 1.807) is 24.3 Å². The van der Waals surface area contributed by atoms with E-state index >= 15 is 0 Å². The maximum atomic E-state index is 13.9. The molecule has 1 heterocycles. The van der Waals surface area contributed by atoms with E-state index in [-0.39, 0.29) is 18.7 Å². The van der Waals surface area contributed by atoms with Crippen LogP contribution in [-0.2, 0) is 9.59 Å². The molecule has 1 N–H and O–H groups in total. The number of carbonyl (C=O) groups is 3. The van der Waals surface area contributed by atoms with Crippen LogP contribution >= 0.6 is 0 Å². The molecule has 26 heavy (non-hydrogen) atoms. The van der Waals surface area contributed by atoms with Gasteiger partial charge in [-0.1, -0.05) is 6.07 Å². The molecule has 2 amide bonds. The molecule has 5 nitrogen and oxygen atoms in total. The topological polar surface area (TPSA) is 66.5 Å². The number of para-hydroxylation sites is 1. The third-order valence-electron chi connectivity index (χ3n) is 4.26. The summed E-state index contributed by atoms with van der Waals surface area (Å²) in [6, 6.07) is 9.67. The van der Waals surface area contributed by atoms with Crippen LogP contribution in [0.15, 0.2) is 42.5 Å². The Morgan fingerprint density at radius 2 is 1.69 bits per heavy atom. The number of anilines is 2. The molecule has 3 rings (SSSR count). The summed E-state index contributed by atoms with van der Waals surface area (Å²) in [4.78, 5) is 36.7. The number of nitrogens with zero attached hydrogens (tertiary/aromatic N) is 1. The fourth-order valence-corrected chi connectivity index (χ4v) is 2.88. The predicted octanol–water partition coefficient (Wildman–Crippen LogP) is 3.16. The lowest BCUT2D eigenvalue weighted by molar-refractivity contribution is -0.122. The molecule has 0 aromatic heterocycles. The molecule has 0 radical (unpaired) electrons. The highest BCUT2D eigenvalue weighted by Gasteiger charge is 2.37. The van der Waals surface area contributed by atoms with Crippen LogP contribution < -0.4 is 10.2 Å². The summed E-state index contributed by atoms with van der Waals surface area (Å²) in [6.07, 6.45) is -0.134. The van der Waals surface area contributed by atoms with E-state index in [0.29, 0.717) is 11.3 Å². The van der Waals surface area contributed by atoms with Crippen LogP contribution in [0.4, 0.5) is 20.2 Å². The Hall–Kier alpha value is -3.09.